The Hall–Kier alpha value is -1.89. The molecule has 0 spiro atoms. The minimum absolute atomic E-state index is 0.132. The molecule has 0 bridgehead atoms. The lowest BCUT2D eigenvalue weighted by molar-refractivity contribution is -0.384. The number of nitro groups is 1. The first-order chi connectivity index (χ1) is 9.04. The second kappa shape index (κ2) is 5.40. The number of nitrogens with zero attached hydrogens (tertiary/aromatic N) is 3. The van der Waals surface area contributed by atoms with Crippen LogP contribution in [0.1, 0.15) is 13.3 Å². The highest BCUT2D eigenvalue weighted by Crippen LogP contribution is 2.30. The maximum atomic E-state index is 11.7. The van der Waals surface area contributed by atoms with Gasteiger partial charge in [0.2, 0.25) is 11.7 Å². The predicted molar refractivity (Wildman–Crippen MR) is 70.3 cm³/mol. The molecule has 8 heteroatoms. The number of amides is 1. The number of anilines is 1. The summed E-state index contributed by atoms with van der Waals surface area (Å²) in [6.45, 7) is 2.85. The van der Waals surface area contributed by atoms with Gasteiger partial charge in [-0.05, 0) is 13.3 Å². The van der Waals surface area contributed by atoms with Crippen molar-refractivity contribution < 1.29 is 9.72 Å². The molecule has 1 fully saturated rings. The SMILES string of the molecule is CCN(c1ncc(Cl)cc1[N+](=O)[O-])C1CCNC1=O. The third kappa shape index (κ3) is 2.60. The summed E-state index contributed by atoms with van der Waals surface area (Å²) in [4.78, 5) is 27.9. The van der Waals surface area contributed by atoms with Crippen molar-refractivity contribution in [2.75, 3.05) is 18.0 Å². The van der Waals surface area contributed by atoms with E-state index in [1.54, 1.807) is 4.90 Å². The van der Waals surface area contributed by atoms with Crippen LogP contribution in [0.15, 0.2) is 12.3 Å². The molecule has 102 valence electrons. The van der Waals surface area contributed by atoms with Gasteiger partial charge >= 0.3 is 5.69 Å². The minimum atomic E-state index is -0.538. The van der Waals surface area contributed by atoms with Crippen LogP contribution in [0, 0.1) is 10.1 Å². The van der Waals surface area contributed by atoms with E-state index in [0.717, 1.165) is 0 Å². The Morgan fingerprint density at radius 1 is 1.68 bits per heavy atom. The topological polar surface area (TPSA) is 88.4 Å². The Morgan fingerprint density at radius 3 is 2.95 bits per heavy atom. The van der Waals surface area contributed by atoms with Crippen LogP contribution in [0.3, 0.4) is 0 Å². The normalized spacial score (nSPS) is 18.2. The van der Waals surface area contributed by atoms with E-state index >= 15 is 0 Å². The Bertz CT molecular complexity index is 523. The van der Waals surface area contributed by atoms with Crippen molar-refractivity contribution in [2.45, 2.75) is 19.4 Å². The van der Waals surface area contributed by atoms with Crippen molar-refractivity contribution in [3.63, 3.8) is 0 Å². The summed E-state index contributed by atoms with van der Waals surface area (Å²) in [6, 6.07) is 0.830. The second-order valence-corrected chi connectivity index (χ2v) is 4.57. The summed E-state index contributed by atoms with van der Waals surface area (Å²) in [5.74, 6) is 0.0480. The molecule has 1 aliphatic heterocycles. The fourth-order valence-corrected chi connectivity index (χ4v) is 2.33. The van der Waals surface area contributed by atoms with E-state index in [-0.39, 0.29) is 22.4 Å². The fourth-order valence-electron chi connectivity index (χ4n) is 2.17. The van der Waals surface area contributed by atoms with E-state index in [9.17, 15) is 14.9 Å². The Balaban J connectivity index is 2.43. The van der Waals surface area contributed by atoms with Crippen molar-refractivity contribution in [1.29, 1.82) is 0 Å². The second-order valence-electron chi connectivity index (χ2n) is 4.13. The van der Waals surface area contributed by atoms with Crippen LogP contribution in [0.5, 0.6) is 0 Å². The molecule has 0 aliphatic carbocycles. The van der Waals surface area contributed by atoms with Crippen LogP contribution < -0.4 is 10.2 Å². The first-order valence-electron chi connectivity index (χ1n) is 5.89. The Labute approximate surface area is 114 Å². The third-order valence-corrected chi connectivity index (χ3v) is 3.23. The molecule has 0 saturated carbocycles. The van der Waals surface area contributed by atoms with Crippen molar-refractivity contribution in [2.24, 2.45) is 0 Å². The number of hydrogen-bond acceptors (Lipinski definition) is 5. The molecule has 1 aliphatic rings. The summed E-state index contributed by atoms with van der Waals surface area (Å²) in [5, 5.41) is 14.0. The molecule has 1 saturated heterocycles. The third-order valence-electron chi connectivity index (χ3n) is 3.02. The van der Waals surface area contributed by atoms with Gasteiger partial charge in [-0.3, -0.25) is 14.9 Å². The molecule has 1 amide bonds. The monoisotopic (exact) mass is 284 g/mol. The summed E-state index contributed by atoms with van der Waals surface area (Å²) in [5.41, 5.74) is -0.186. The first kappa shape index (κ1) is 13.5. The van der Waals surface area contributed by atoms with Gasteiger partial charge < -0.3 is 10.2 Å². The maximum absolute atomic E-state index is 11.7. The minimum Gasteiger partial charge on any atom is -0.354 e. The largest absolute Gasteiger partial charge is 0.354 e. The van der Waals surface area contributed by atoms with E-state index in [2.05, 4.69) is 10.3 Å². The molecular formula is C11H13ClN4O3. The van der Waals surface area contributed by atoms with Crippen LogP contribution in [-0.2, 0) is 4.79 Å². The van der Waals surface area contributed by atoms with Crippen molar-refractivity contribution in [3.05, 3.63) is 27.4 Å². The standard InChI is InChI=1S/C11H13ClN4O3/c1-2-15(8-3-4-13-11(8)17)10-9(16(18)19)5-7(12)6-14-10/h5-6,8H,2-4H2,1H3,(H,13,17). The highest BCUT2D eigenvalue weighted by atomic mass is 35.5. The van der Waals surface area contributed by atoms with E-state index in [1.807, 2.05) is 6.92 Å². The zero-order valence-corrected chi connectivity index (χ0v) is 11.1. The number of carbonyl (C=O) groups is 1. The highest BCUT2D eigenvalue weighted by Gasteiger charge is 2.33. The van der Waals surface area contributed by atoms with Gasteiger partial charge in [0.15, 0.2) is 0 Å². The number of aromatic nitrogens is 1. The molecule has 2 heterocycles. The molecule has 0 aromatic carbocycles. The Morgan fingerprint density at radius 2 is 2.42 bits per heavy atom. The number of likely N-dealkylation sites (N-methyl/N-ethyl adjacent to an activating group) is 1. The van der Waals surface area contributed by atoms with E-state index < -0.39 is 11.0 Å². The molecule has 2 rings (SSSR count). The van der Waals surface area contributed by atoms with E-state index in [1.165, 1.54) is 12.3 Å². The number of nitrogens with one attached hydrogen (secondary N) is 1. The molecule has 1 atom stereocenters. The van der Waals surface area contributed by atoms with Gasteiger partial charge in [-0.15, -0.1) is 0 Å². The quantitative estimate of drug-likeness (QED) is 0.666. The number of rotatable bonds is 4. The van der Waals surface area contributed by atoms with Crippen molar-refractivity contribution >= 4 is 29.0 Å². The zero-order valence-electron chi connectivity index (χ0n) is 10.3. The van der Waals surface area contributed by atoms with E-state index in [4.69, 9.17) is 11.6 Å². The number of hydrogen-bond donors (Lipinski definition) is 1. The average molecular weight is 285 g/mol. The fraction of sp³-hybridized carbons (Fsp3) is 0.455. The zero-order chi connectivity index (χ0) is 14.0. The van der Waals surface area contributed by atoms with Crippen LogP contribution >= 0.6 is 11.6 Å². The molecular weight excluding hydrogens is 272 g/mol. The van der Waals surface area contributed by atoms with Gasteiger partial charge in [-0.25, -0.2) is 4.98 Å². The molecule has 0 radical (unpaired) electrons. The van der Waals surface area contributed by atoms with Gasteiger partial charge in [0, 0.05) is 25.4 Å². The number of halogens is 1. The van der Waals surface area contributed by atoms with Gasteiger partial charge in [-0.2, -0.15) is 0 Å². The number of carbonyl (C=O) groups excluding carboxylic acids is 1. The van der Waals surface area contributed by atoms with E-state index in [0.29, 0.717) is 19.5 Å². The molecule has 1 N–H and O–H groups in total. The van der Waals surface area contributed by atoms with Crippen molar-refractivity contribution in [3.8, 4) is 0 Å². The average Bonchev–Trinajstić information content (AvgIpc) is 2.78. The number of pyridine rings is 1. The summed E-state index contributed by atoms with van der Waals surface area (Å²) in [6.07, 6.45) is 1.95. The summed E-state index contributed by atoms with van der Waals surface area (Å²) < 4.78 is 0. The van der Waals surface area contributed by atoms with Crippen LogP contribution in [0.2, 0.25) is 5.02 Å². The molecule has 1 aromatic rings. The maximum Gasteiger partial charge on any atom is 0.313 e. The smallest absolute Gasteiger partial charge is 0.313 e. The molecule has 19 heavy (non-hydrogen) atoms. The van der Waals surface area contributed by atoms with Gasteiger partial charge in [0.25, 0.3) is 0 Å². The van der Waals surface area contributed by atoms with Gasteiger partial charge in [0.05, 0.1) is 9.95 Å². The Kier molecular flexibility index (Phi) is 3.84. The lowest BCUT2D eigenvalue weighted by atomic mass is 10.2. The van der Waals surface area contributed by atoms with Crippen LogP contribution in [0.4, 0.5) is 11.5 Å². The highest BCUT2D eigenvalue weighted by molar-refractivity contribution is 6.30. The van der Waals surface area contributed by atoms with Gasteiger partial charge in [0.1, 0.15) is 6.04 Å². The summed E-state index contributed by atoms with van der Waals surface area (Å²) >= 11 is 5.73. The molecule has 1 aromatic heterocycles. The lowest BCUT2D eigenvalue weighted by Gasteiger charge is -2.26. The van der Waals surface area contributed by atoms with Crippen molar-refractivity contribution in [1.82, 2.24) is 10.3 Å². The van der Waals surface area contributed by atoms with Crippen LogP contribution in [-0.4, -0.2) is 34.9 Å². The first-order valence-corrected chi connectivity index (χ1v) is 6.26. The predicted octanol–water partition coefficient (Wildman–Crippen LogP) is 1.36. The van der Waals surface area contributed by atoms with Gasteiger partial charge in [-0.1, -0.05) is 11.6 Å². The van der Waals surface area contributed by atoms with Crippen LogP contribution in [0.25, 0.3) is 0 Å². The lowest BCUT2D eigenvalue weighted by Crippen LogP contribution is -2.41. The molecule has 1 unspecified atom stereocenters. The summed E-state index contributed by atoms with van der Waals surface area (Å²) in [7, 11) is 0. The molecule has 7 nitrogen and oxygen atoms in total.